The van der Waals surface area contributed by atoms with Gasteiger partial charge in [-0.15, -0.1) is 6.58 Å². The first-order chi connectivity index (χ1) is 14.4. The number of nitrogens with one attached hydrogen (secondary N) is 2. The van der Waals surface area contributed by atoms with E-state index in [0.717, 1.165) is 0 Å². The predicted octanol–water partition coefficient (Wildman–Crippen LogP) is 5.41. The number of rotatable bonds is 6. The standard InChI is InChI=1S/C22H20BrF3N2O3/c1-12(2)11-21(31,22(24,25)26)19(16-10-13(23)6-7-18(16)29)28-17-5-3-4-15-14(17)8-9-27-20(15)30/h3-10,19,28-29,31H,1,11H2,2H3,(H,27,30). The summed E-state index contributed by atoms with van der Waals surface area (Å²) in [6, 6.07) is 8.30. The topological polar surface area (TPSA) is 85.4 Å². The minimum Gasteiger partial charge on any atom is -0.508 e. The van der Waals surface area contributed by atoms with Gasteiger partial charge in [0.05, 0.1) is 6.04 Å². The van der Waals surface area contributed by atoms with Crippen molar-refractivity contribution in [3.63, 3.8) is 0 Å². The summed E-state index contributed by atoms with van der Waals surface area (Å²) in [6.07, 6.45) is -4.49. The zero-order valence-electron chi connectivity index (χ0n) is 16.4. The van der Waals surface area contributed by atoms with E-state index in [-0.39, 0.29) is 22.2 Å². The molecule has 0 aliphatic carbocycles. The first-order valence-corrected chi connectivity index (χ1v) is 10.0. The van der Waals surface area contributed by atoms with Crippen molar-refractivity contribution in [1.29, 1.82) is 0 Å². The number of phenolic OH excluding ortho intramolecular Hbond substituents is 1. The van der Waals surface area contributed by atoms with E-state index in [1.165, 1.54) is 49.5 Å². The smallest absolute Gasteiger partial charge is 0.419 e. The number of aromatic nitrogens is 1. The van der Waals surface area contributed by atoms with Gasteiger partial charge in [-0.2, -0.15) is 13.2 Å². The number of H-pyrrole nitrogens is 1. The van der Waals surface area contributed by atoms with Crippen LogP contribution in [0.5, 0.6) is 5.75 Å². The maximum Gasteiger partial charge on any atom is 0.419 e. The van der Waals surface area contributed by atoms with Crippen LogP contribution in [0.15, 0.2) is 70.1 Å². The molecule has 2 atom stereocenters. The van der Waals surface area contributed by atoms with Crippen LogP contribution in [0.1, 0.15) is 24.9 Å². The number of halogens is 4. The van der Waals surface area contributed by atoms with E-state index in [1.807, 2.05) is 0 Å². The predicted molar refractivity (Wildman–Crippen MR) is 117 cm³/mol. The zero-order valence-corrected chi connectivity index (χ0v) is 18.0. The third-order valence-electron chi connectivity index (χ3n) is 4.96. The van der Waals surface area contributed by atoms with Gasteiger partial charge in [0.25, 0.3) is 5.56 Å². The summed E-state index contributed by atoms with van der Waals surface area (Å²) in [5.74, 6) is -0.428. The Morgan fingerprint density at radius 1 is 1.23 bits per heavy atom. The molecule has 0 saturated heterocycles. The van der Waals surface area contributed by atoms with Crippen LogP contribution in [-0.2, 0) is 0 Å². The number of aromatic hydroxyl groups is 1. The summed E-state index contributed by atoms with van der Waals surface area (Å²) < 4.78 is 43.1. The first-order valence-electron chi connectivity index (χ1n) is 9.23. The van der Waals surface area contributed by atoms with Crippen molar-refractivity contribution in [3.8, 4) is 5.75 Å². The molecule has 164 valence electrons. The van der Waals surface area contributed by atoms with Crippen LogP contribution < -0.4 is 10.9 Å². The van der Waals surface area contributed by atoms with Crippen LogP contribution in [0.3, 0.4) is 0 Å². The third-order valence-corrected chi connectivity index (χ3v) is 5.45. The highest BCUT2D eigenvalue weighted by atomic mass is 79.9. The van der Waals surface area contributed by atoms with Gasteiger partial charge in [0.1, 0.15) is 5.75 Å². The minimum atomic E-state index is -5.07. The molecule has 2 unspecified atom stereocenters. The fraction of sp³-hybridized carbons (Fsp3) is 0.227. The molecule has 0 radical (unpaired) electrons. The number of hydrogen-bond acceptors (Lipinski definition) is 4. The summed E-state index contributed by atoms with van der Waals surface area (Å²) in [5, 5.41) is 24.8. The van der Waals surface area contributed by atoms with Crippen LogP contribution >= 0.6 is 15.9 Å². The molecule has 0 fully saturated rings. The van der Waals surface area contributed by atoms with E-state index in [4.69, 9.17) is 0 Å². The normalized spacial score (nSPS) is 14.8. The Hall–Kier alpha value is -2.78. The maximum absolute atomic E-state index is 14.2. The molecule has 2 aromatic carbocycles. The monoisotopic (exact) mass is 496 g/mol. The number of benzene rings is 2. The quantitative estimate of drug-likeness (QED) is 0.344. The molecule has 31 heavy (non-hydrogen) atoms. The highest BCUT2D eigenvalue weighted by Gasteiger charge is 2.59. The summed E-state index contributed by atoms with van der Waals surface area (Å²) in [4.78, 5) is 14.6. The van der Waals surface area contributed by atoms with Gasteiger partial charge in [-0.3, -0.25) is 4.79 Å². The number of pyridine rings is 1. The van der Waals surface area contributed by atoms with Gasteiger partial charge in [0.15, 0.2) is 5.60 Å². The lowest BCUT2D eigenvalue weighted by atomic mass is 9.82. The van der Waals surface area contributed by atoms with E-state index >= 15 is 0 Å². The van der Waals surface area contributed by atoms with E-state index in [1.54, 1.807) is 6.07 Å². The van der Waals surface area contributed by atoms with Gasteiger partial charge in [0.2, 0.25) is 0 Å². The number of anilines is 1. The van der Waals surface area contributed by atoms with Crippen LogP contribution in [-0.4, -0.2) is 27.0 Å². The fourth-order valence-electron chi connectivity index (χ4n) is 3.54. The van der Waals surface area contributed by atoms with Crippen LogP contribution in [0.4, 0.5) is 18.9 Å². The van der Waals surface area contributed by atoms with E-state index < -0.39 is 35.5 Å². The Morgan fingerprint density at radius 3 is 2.58 bits per heavy atom. The van der Waals surface area contributed by atoms with Gasteiger partial charge in [0, 0.05) is 39.1 Å². The van der Waals surface area contributed by atoms with Crippen molar-refractivity contribution in [2.45, 2.75) is 31.2 Å². The van der Waals surface area contributed by atoms with Gasteiger partial charge >= 0.3 is 6.18 Å². The molecule has 0 bridgehead atoms. The minimum absolute atomic E-state index is 0.107. The maximum atomic E-state index is 14.2. The second-order valence-corrected chi connectivity index (χ2v) is 8.33. The molecule has 5 nitrogen and oxygen atoms in total. The molecule has 9 heteroatoms. The Balaban J connectivity index is 2.27. The summed E-state index contributed by atoms with van der Waals surface area (Å²) in [6.45, 7) is 4.91. The number of aromatic amines is 1. The Bertz CT molecular complexity index is 1190. The van der Waals surface area contributed by atoms with Crippen molar-refractivity contribution in [1.82, 2.24) is 4.98 Å². The zero-order chi connectivity index (χ0) is 23.0. The summed E-state index contributed by atoms with van der Waals surface area (Å²) in [7, 11) is 0. The van der Waals surface area contributed by atoms with Crippen LogP contribution in [0, 0.1) is 0 Å². The number of phenols is 1. The van der Waals surface area contributed by atoms with Crippen molar-refractivity contribution in [2.75, 3.05) is 5.32 Å². The van der Waals surface area contributed by atoms with Crippen molar-refractivity contribution < 1.29 is 23.4 Å². The van der Waals surface area contributed by atoms with Gasteiger partial charge < -0.3 is 20.5 Å². The van der Waals surface area contributed by atoms with Gasteiger partial charge in [-0.25, -0.2) is 0 Å². The Morgan fingerprint density at radius 2 is 1.94 bits per heavy atom. The van der Waals surface area contributed by atoms with Gasteiger partial charge in [-0.05, 0) is 43.3 Å². The molecule has 4 N–H and O–H groups in total. The average Bonchev–Trinajstić information content (AvgIpc) is 2.67. The molecule has 1 aromatic heterocycles. The number of hydrogen-bond donors (Lipinski definition) is 4. The Labute approximate surface area is 184 Å². The van der Waals surface area contributed by atoms with Crippen molar-refractivity contribution >= 4 is 32.4 Å². The second kappa shape index (κ2) is 8.39. The van der Waals surface area contributed by atoms with Crippen LogP contribution in [0.25, 0.3) is 10.8 Å². The first kappa shape index (κ1) is 22.9. The molecule has 3 aromatic rings. The highest BCUT2D eigenvalue weighted by molar-refractivity contribution is 9.10. The molecular weight excluding hydrogens is 477 g/mol. The second-order valence-electron chi connectivity index (χ2n) is 7.41. The molecule has 0 aliphatic heterocycles. The molecule has 1 heterocycles. The largest absolute Gasteiger partial charge is 0.508 e. The number of alkyl halides is 3. The summed E-state index contributed by atoms with van der Waals surface area (Å²) >= 11 is 3.20. The fourth-order valence-corrected chi connectivity index (χ4v) is 3.92. The third kappa shape index (κ3) is 4.47. The molecule has 0 amide bonds. The van der Waals surface area contributed by atoms with E-state index in [0.29, 0.717) is 9.86 Å². The highest BCUT2D eigenvalue weighted by Crippen LogP contribution is 2.48. The van der Waals surface area contributed by atoms with Crippen molar-refractivity contribution in [3.05, 3.63) is 81.2 Å². The van der Waals surface area contributed by atoms with Crippen molar-refractivity contribution in [2.24, 2.45) is 0 Å². The summed E-state index contributed by atoms with van der Waals surface area (Å²) in [5.41, 5.74) is -3.58. The lowest BCUT2D eigenvalue weighted by Crippen LogP contribution is -2.52. The van der Waals surface area contributed by atoms with Gasteiger partial charge in [-0.1, -0.05) is 27.6 Å². The lowest BCUT2D eigenvalue weighted by molar-refractivity contribution is -0.266. The molecular formula is C22H20BrF3N2O3. The SMILES string of the molecule is C=C(C)CC(O)(C(Nc1cccc2c(=O)[nH]ccc12)c1cc(Br)ccc1O)C(F)(F)F. The molecule has 0 saturated carbocycles. The average molecular weight is 497 g/mol. The van der Waals surface area contributed by atoms with E-state index in [9.17, 15) is 28.2 Å². The molecule has 0 spiro atoms. The number of fused-ring (bicyclic) bond motifs is 1. The van der Waals surface area contributed by atoms with Crippen LogP contribution in [0.2, 0.25) is 0 Å². The Kier molecular flexibility index (Phi) is 6.20. The number of aliphatic hydroxyl groups is 1. The van der Waals surface area contributed by atoms with E-state index in [2.05, 4.69) is 32.8 Å². The lowest BCUT2D eigenvalue weighted by Gasteiger charge is -2.39. The molecule has 3 rings (SSSR count). The molecule has 0 aliphatic rings.